The molecule has 3 aromatic heterocycles. The molecule has 12 rings (SSSR count). The molecule has 0 aliphatic carbocycles. The zero-order chi connectivity index (χ0) is 33.9. The van der Waals surface area contributed by atoms with Gasteiger partial charge in [0.2, 0.25) is 0 Å². The molecule has 1 aliphatic heterocycles. The molecule has 0 saturated heterocycles. The summed E-state index contributed by atoms with van der Waals surface area (Å²) in [6.45, 7) is 0. The zero-order valence-corrected chi connectivity index (χ0v) is 31.1. The number of para-hydroxylation sites is 4. The Hall–Kier alpha value is -5.61. The first kappa shape index (κ1) is 29.0. The van der Waals surface area contributed by atoms with Gasteiger partial charge in [-0.15, -0.1) is 0 Å². The van der Waals surface area contributed by atoms with Crippen LogP contribution in [0.25, 0.3) is 98.2 Å². The Kier molecular flexibility index (Phi) is 6.11. The van der Waals surface area contributed by atoms with Gasteiger partial charge in [-0.3, -0.25) is 0 Å². The average molecular weight is 792 g/mol. The van der Waals surface area contributed by atoms with Gasteiger partial charge in [-0.2, -0.15) is 0 Å². The van der Waals surface area contributed by atoms with E-state index in [9.17, 15) is 0 Å². The van der Waals surface area contributed by atoms with E-state index in [4.69, 9.17) is 0 Å². The van der Waals surface area contributed by atoms with E-state index in [1.807, 2.05) is 0 Å². The van der Waals surface area contributed by atoms with Gasteiger partial charge in [-0.25, -0.2) is 0 Å². The van der Waals surface area contributed by atoms with Crippen molar-refractivity contribution >= 4 is 72.8 Å². The summed E-state index contributed by atoms with van der Waals surface area (Å²) in [7, 11) is 0.676. The van der Waals surface area contributed by atoms with Crippen molar-refractivity contribution in [2.75, 3.05) is 0 Å². The van der Waals surface area contributed by atoms with Crippen LogP contribution in [0, 0.1) is 7.14 Å². The molecule has 8 aromatic carbocycles. The number of nitrogens with zero attached hydrogens (tertiary/aromatic N) is 2. The molecular weight excluding hydrogens is 762 g/mol. The number of benzene rings is 8. The third kappa shape index (κ3) is 4.12. The summed E-state index contributed by atoms with van der Waals surface area (Å²) in [4.78, 5) is 0. The number of aromatic nitrogens is 2. The van der Waals surface area contributed by atoms with Crippen LogP contribution in [0.15, 0.2) is 170 Å². The van der Waals surface area contributed by atoms with Gasteiger partial charge in [-0.1, -0.05) is 36.4 Å². The van der Waals surface area contributed by atoms with Crippen molar-refractivity contribution in [2.45, 2.75) is 0 Å². The second kappa shape index (κ2) is 10.9. The molecule has 1 aliphatic rings. The van der Waals surface area contributed by atoms with Crippen LogP contribution in [-0.4, -0.2) is 9.13 Å². The summed E-state index contributed by atoms with van der Waals surface area (Å²) in [6, 6.07) is 63.8. The number of hydrogen-bond donors (Lipinski definition) is 0. The third-order valence-corrected chi connectivity index (χ3v) is 15.5. The Morgan fingerprint density at radius 3 is 1.37 bits per heavy atom. The van der Waals surface area contributed by atoms with Crippen LogP contribution in [0.5, 0.6) is 0 Å². The molecule has 52 heavy (non-hydrogen) atoms. The Morgan fingerprint density at radius 1 is 0.346 bits per heavy atom. The topological polar surface area (TPSA) is 9.86 Å². The molecule has 1 unspecified atom stereocenters. The van der Waals surface area contributed by atoms with E-state index in [-0.39, 0.29) is 21.2 Å². The standard InChI is InChI=1S/C48H29IN2P/c1-5-13-43-33(9-1)34-10-2-6-14-44(34)50(43)31-19-22-42-38(27-31)37-25-29(17-21-41(37)49-42)30-18-23-47-39(26-30)40-28-32(20-24-48(40)52-47)51-45-15-7-3-11-35(45)36-12-4-8-16-46(36)51/h1-28,52H/q-1. The van der Waals surface area contributed by atoms with Crippen molar-refractivity contribution < 1.29 is 21.2 Å². The molecule has 2 nitrogen and oxygen atoms in total. The van der Waals surface area contributed by atoms with Crippen LogP contribution in [0.3, 0.4) is 0 Å². The fourth-order valence-electron chi connectivity index (χ4n) is 8.65. The average Bonchev–Trinajstić information content (AvgIpc) is 3.94. The molecule has 4 heterocycles. The third-order valence-electron chi connectivity index (χ3n) is 11.0. The minimum atomic E-state index is -0.221. The monoisotopic (exact) mass is 791 g/mol. The molecular formula is C48H29IN2P-. The van der Waals surface area contributed by atoms with Gasteiger partial charge < -0.3 is 0 Å². The molecule has 0 N–H and O–H groups in total. The Bertz CT molecular complexity index is 3180. The predicted molar refractivity (Wildman–Crippen MR) is 218 cm³/mol. The normalized spacial score (nSPS) is 12.8. The summed E-state index contributed by atoms with van der Waals surface area (Å²) in [6.07, 6.45) is 0. The Balaban J connectivity index is 0.987. The Labute approximate surface area is 311 Å². The van der Waals surface area contributed by atoms with Crippen molar-refractivity contribution in [2.24, 2.45) is 0 Å². The first-order valence-electron chi connectivity index (χ1n) is 17.7. The van der Waals surface area contributed by atoms with Crippen LogP contribution >= 0.6 is 8.19 Å². The molecule has 0 radical (unpaired) electrons. The van der Waals surface area contributed by atoms with Crippen LogP contribution in [0.4, 0.5) is 0 Å². The maximum absolute atomic E-state index is 2.46. The molecule has 0 saturated carbocycles. The molecule has 0 fully saturated rings. The van der Waals surface area contributed by atoms with Crippen LogP contribution in [0.2, 0.25) is 0 Å². The SMILES string of the molecule is c1ccc2c(c1)c1ccccc1n2-c1ccc2c(c1)-c1cc(-c3ccc4[pH]c5ccc(-n6c7ccccc7c7ccccc76)cc5c4c3)ccc1[I-]2. The van der Waals surface area contributed by atoms with Crippen LogP contribution < -0.4 is 21.2 Å². The van der Waals surface area contributed by atoms with E-state index in [1.54, 1.807) is 0 Å². The fourth-order valence-corrected chi connectivity index (χ4v) is 12.8. The van der Waals surface area contributed by atoms with Crippen molar-refractivity contribution in [3.8, 4) is 33.6 Å². The van der Waals surface area contributed by atoms with Crippen molar-refractivity contribution in [1.29, 1.82) is 0 Å². The van der Waals surface area contributed by atoms with Crippen LogP contribution in [0.1, 0.15) is 0 Å². The molecule has 0 spiro atoms. The van der Waals surface area contributed by atoms with Gasteiger partial charge in [0, 0.05) is 10.8 Å². The van der Waals surface area contributed by atoms with Gasteiger partial charge in [-0.05, 0) is 12.1 Å². The first-order chi connectivity index (χ1) is 25.8. The molecule has 1 atom stereocenters. The summed E-state index contributed by atoms with van der Waals surface area (Å²) >= 11 is -0.221. The van der Waals surface area contributed by atoms with E-state index < -0.39 is 0 Å². The predicted octanol–water partition coefficient (Wildman–Crippen LogP) is 9.99. The van der Waals surface area contributed by atoms with E-state index in [0.29, 0.717) is 8.19 Å². The second-order valence-corrected chi connectivity index (χ2v) is 18.0. The van der Waals surface area contributed by atoms with Gasteiger partial charge in [0.25, 0.3) is 0 Å². The summed E-state index contributed by atoms with van der Waals surface area (Å²) in [5.74, 6) is 0. The second-order valence-electron chi connectivity index (χ2n) is 13.8. The van der Waals surface area contributed by atoms with Crippen molar-refractivity contribution in [3.63, 3.8) is 0 Å². The first-order valence-corrected chi connectivity index (χ1v) is 20.9. The maximum atomic E-state index is 2.46. The molecule has 11 aromatic rings. The number of hydrogen-bond acceptors (Lipinski definition) is 0. The quantitative estimate of drug-likeness (QED) is 0.158. The fraction of sp³-hybridized carbons (Fsp3) is 0. The van der Waals surface area contributed by atoms with Gasteiger partial charge in [0.15, 0.2) is 0 Å². The molecule has 244 valence electrons. The Morgan fingerprint density at radius 2 is 0.769 bits per heavy atom. The van der Waals surface area contributed by atoms with Crippen LogP contribution in [-0.2, 0) is 0 Å². The number of halogens is 1. The van der Waals surface area contributed by atoms with Gasteiger partial charge in [0.05, 0.1) is 0 Å². The van der Waals surface area contributed by atoms with E-state index in [1.165, 1.54) is 105 Å². The van der Waals surface area contributed by atoms with E-state index in [2.05, 4.69) is 179 Å². The summed E-state index contributed by atoms with van der Waals surface area (Å²) in [5.41, 5.74) is 12.8. The van der Waals surface area contributed by atoms with Crippen molar-refractivity contribution in [3.05, 3.63) is 177 Å². The minimum absolute atomic E-state index is 0.221. The number of fused-ring (bicyclic) bond motifs is 12. The summed E-state index contributed by atoms with van der Waals surface area (Å²) in [5, 5.41) is 10.8. The number of rotatable bonds is 3. The van der Waals surface area contributed by atoms with Gasteiger partial charge >= 0.3 is 254 Å². The molecule has 0 amide bonds. The van der Waals surface area contributed by atoms with Gasteiger partial charge in [0.1, 0.15) is 0 Å². The van der Waals surface area contributed by atoms with Crippen molar-refractivity contribution in [1.82, 2.24) is 9.13 Å². The zero-order valence-electron chi connectivity index (χ0n) is 27.9. The summed E-state index contributed by atoms with van der Waals surface area (Å²) < 4.78 is 7.90. The molecule has 4 heteroatoms. The van der Waals surface area contributed by atoms with E-state index in [0.717, 1.165) is 0 Å². The van der Waals surface area contributed by atoms with E-state index >= 15 is 0 Å². The molecule has 0 bridgehead atoms.